The van der Waals surface area contributed by atoms with E-state index in [-0.39, 0.29) is 10.9 Å². The number of thiocarbonyl (C=S) groups is 1. The summed E-state index contributed by atoms with van der Waals surface area (Å²) in [7, 11) is 0. The highest BCUT2D eigenvalue weighted by atomic mass is 32.1. The second kappa shape index (κ2) is 10.5. The Morgan fingerprint density at radius 1 is 0.684 bits per heavy atom. The van der Waals surface area contributed by atoms with Crippen LogP contribution in [0.2, 0.25) is 0 Å². The van der Waals surface area contributed by atoms with E-state index in [2.05, 4.69) is 20.8 Å². The van der Waals surface area contributed by atoms with Crippen LogP contribution in [-0.2, 0) is 13.1 Å². The molecule has 6 nitrogen and oxygen atoms in total. The normalized spacial score (nSPS) is 11.2. The van der Waals surface area contributed by atoms with Gasteiger partial charge in [-0.25, -0.2) is 26.3 Å². The first-order chi connectivity index (χ1) is 17.9. The van der Waals surface area contributed by atoms with Gasteiger partial charge in [-0.2, -0.15) is 10.2 Å². The number of nitrogens with one attached hydrogen (secondary N) is 2. The fourth-order valence-corrected chi connectivity index (χ4v) is 4.23. The summed E-state index contributed by atoms with van der Waals surface area (Å²) in [4.78, 5) is 0. The topological polar surface area (TPSA) is 59.7 Å². The van der Waals surface area contributed by atoms with Crippen molar-refractivity contribution in [1.29, 1.82) is 0 Å². The maximum absolute atomic E-state index is 14.2. The van der Waals surface area contributed by atoms with E-state index in [1.54, 1.807) is 37.6 Å². The van der Waals surface area contributed by atoms with E-state index in [0.29, 0.717) is 35.0 Å². The number of hydrogen-bond donors (Lipinski definition) is 2. The third-order valence-corrected chi connectivity index (χ3v) is 6.30. The number of halogens is 6. The third-order valence-electron chi connectivity index (χ3n) is 6.09. The Bertz CT molecular complexity index is 1510. The Labute approximate surface area is 219 Å². The largest absolute Gasteiger partial charge is 0.329 e. The molecule has 200 valence electrons. The molecule has 0 bridgehead atoms. The minimum Gasteiger partial charge on any atom is -0.329 e. The Kier molecular flexibility index (Phi) is 7.49. The highest BCUT2D eigenvalue weighted by molar-refractivity contribution is 7.80. The standard InChI is InChI=1S/C25H22F6N6S/c1-11-23(13(3)36(34-11)9-15-5-7-16(26)8-6-15)32-25(38)33-24-12(2)35-37(14(24)4)10-17-18(27)20(29)22(31)21(30)19(17)28/h5-8H,9-10H2,1-4H3,(H2,32,33,38). The van der Waals surface area contributed by atoms with Gasteiger partial charge in [0.15, 0.2) is 28.4 Å². The number of rotatable bonds is 6. The Morgan fingerprint density at radius 3 is 1.58 bits per heavy atom. The predicted molar refractivity (Wildman–Crippen MR) is 134 cm³/mol. The van der Waals surface area contributed by atoms with Crippen molar-refractivity contribution < 1.29 is 26.3 Å². The van der Waals surface area contributed by atoms with Crippen molar-refractivity contribution in [2.45, 2.75) is 40.8 Å². The Morgan fingerprint density at radius 2 is 1.11 bits per heavy atom. The lowest BCUT2D eigenvalue weighted by Crippen LogP contribution is -2.21. The summed E-state index contributed by atoms with van der Waals surface area (Å²) in [5, 5.41) is 14.9. The molecule has 0 radical (unpaired) electrons. The monoisotopic (exact) mass is 552 g/mol. The molecule has 38 heavy (non-hydrogen) atoms. The number of nitrogens with zero attached hydrogens (tertiary/aromatic N) is 4. The van der Waals surface area contributed by atoms with Gasteiger partial charge in [0.25, 0.3) is 0 Å². The zero-order chi connectivity index (χ0) is 27.9. The SMILES string of the molecule is Cc1nn(Cc2ccc(F)cc2)c(C)c1NC(=S)Nc1c(C)nn(Cc2c(F)c(F)c(F)c(F)c2F)c1C. The van der Waals surface area contributed by atoms with Gasteiger partial charge < -0.3 is 10.6 Å². The highest BCUT2D eigenvalue weighted by Gasteiger charge is 2.27. The molecule has 0 atom stereocenters. The molecule has 4 rings (SSSR count). The molecule has 0 spiro atoms. The van der Waals surface area contributed by atoms with Crippen LogP contribution in [0.3, 0.4) is 0 Å². The van der Waals surface area contributed by atoms with E-state index in [4.69, 9.17) is 12.2 Å². The van der Waals surface area contributed by atoms with Gasteiger partial charge in [-0.3, -0.25) is 9.36 Å². The molecule has 0 amide bonds. The predicted octanol–water partition coefficient (Wildman–Crippen LogP) is 6.05. The van der Waals surface area contributed by atoms with Crippen molar-refractivity contribution in [3.8, 4) is 0 Å². The number of aryl methyl sites for hydroxylation is 2. The number of benzene rings is 2. The van der Waals surface area contributed by atoms with Gasteiger partial charge in [0.05, 0.1) is 52.8 Å². The van der Waals surface area contributed by atoms with E-state index in [9.17, 15) is 26.3 Å². The van der Waals surface area contributed by atoms with E-state index in [0.717, 1.165) is 15.9 Å². The van der Waals surface area contributed by atoms with Crippen LogP contribution in [0.25, 0.3) is 0 Å². The second-order valence-electron chi connectivity index (χ2n) is 8.66. The summed E-state index contributed by atoms with van der Waals surface area (Å²) in [5.74, 6) is -10.4. The molecule has 2 aromatic heterocycles. The quantitative estimate of drug-likeness (QED) is 0.132. The van der Waals surface area contributed by atoms with Gasteiger partial charge in [0.1, 0.15) is 5.82 Å². The van der Waals surface area contributed by atoms with E-state index >= 15 is 0 Å². The molecule has 4 aromatic rings. The van der Waals surface area contributed by atoms with Gasteiger partial charge in [-0.15, -0.1) is 0 Å². The van der Waals surface area contributed by atoms with Crippen LogP contribution in [0, 0.1) is 62.6 Å². The lowest BCUT2D eigenvalue weighted by molar-refractivity contribution is 0.366. The maximum atomic E-state index is 14.2. The lowest BCUT2D eigenvalue weighted by atomic mass is 10.1. The molecule has 0 unspecified atom stereocenters. The molecule has 13 heteroatoms. The second-order valence-corrected chi connectivity index (χ2v) is 9.07. The van der Waals surface area contributed by atoms with E-state index in [1.165, 1.54) is 12.1 Å². The molecule has 2 heterocycles. The van der Waals surface area contributed by atoms with Crippen molar-refractivity contribution in [3.05, 3.63) is 93.1 Å². The van der Waals surface area contributed by atoms with Crippen LogP contribution >= 0.6 is 12.2 Å². The molecule has 0 saturated carbocycles. The van der Waals surface area contributed by atoms with Crippen LogP contribution in [0.5, 0.6) is 0 Å². The van der Waals surface area contributed by atoms with Gasteiger partial charge in [0, 0.05) is 0 Å². The Balaban J connectivity index is 1.52. The molecule has 0 aliphatic carbocycles. The molecular formula is C25H22F6N6S. The molecule has 0 aliphatic rings. The zero-order valence-electron chi connectivity index (χ0n) is 20.7. The summed E-state index contributed by atoms with van der Waals surface area (Å²) in [6.07, 6.45) is 0. The first kappa shape index (κ1) is 27.2. The van der Waals surface area contributed by atoms with Crippen LogP contribution in [0.4, 0.5) is 37.7 Å². The number of anilines is 2. The fraction of sp³-hybridized carbons (Fsp3) is 0.240. The summed E-state index contributed by atoms with van der Waals surface area (Å²) < 4.78 is 85.1. The van der Waals surface area contributed by atoms with Crippen LogP contribution < -0.4 is 10.6 Å². The average molecular weight is 553 g/mol. The molecule has 0 aliphatic heterocycles. The number of aromatic nitrogens is 4. The summed E-state index contributed by atoms with van der Waals surface area (Å²) in [6.45, 7) is 6.52. The summed E-state index contributed by atoms with van der Waals surface area (Å²) >= 11 is 5.44. The lowest BCUT2D eigenvalue weighted by Gasteiger charge is -2.13. The molecule has 2 N–H and O–H groups in total. The minimum atomic E-state index is -2.22. The number of hydrogen-bond acceptors (Lipinski definition) is 3. The highest BCUT2D eigenvalue weighted by Crippen LogP contribution is 2.27. The van der Waals surface area contributed by atoms with Crippen LogP contribution in [0.1, 0.15) is 33.9 Å². The fourth-order valence-electron chi connectivity index (χ4n) is 4.02. The first-order valence-electron chi connectivity index (χ1n) is 11.3. The zero-order valence-corrected chi connectivity index (χ0v) is 21.5. The van der Waals surface area contributed by atoms with Crippen LogP contribution in [-0.4, -0.2) is 24.7 Å². The van der Waals surface area contributed by atoms with Gasteiger partial charge in [-0.05, 0) is 57.6 Å². The molecule has 0 fully saturated rings. The van der Waals surface area contributed by atoms with Gasteiger partial charge in [0.2, 0.25) is 5.82 Å². The van der Waals surface area contributed by atoms with E-state index < -0.39 is 41.2 Å². The van der Waals surface area contributed by atoms with Crippen molar-refractivity contribution in [1.82, 2.24) is 19.6 Å². The Hall–Kier alpha value is -3.87. The summed E-state index contributed by atoms with van der Waals surface area (Å²) in [5.41, 5.74) is 3.08. The minimum absolute atomic E-state index is 0.166. The summed E-state index contributed by atoms with van der Waals surface area (Å²) in [6, 6.07) is 6.08. The molecule has 2 aromatic carbocycles. The molecule has 0 saturated heterocycles. The van der Waals surface area contributed by atoms with Crippen LogP contribution in [0.15, 0.2) is 24.3 Å². The van der Waals surface area contributed by atoms with Crippen molar-refractivity contribution >= 4 is 28.7 Å². The van der Waals surface area contributed by atoms with E-state index in [1.807, 2.05) is 6.92 Å². The third kappa shape index (κ3) is 5.10. The average Bonchev–Trinajstić information content (AvgIpc) is 3.29. The van der Waals surface area contributed by atoms with Gasteiger partial charge in [-0.1, -0.05) is 12.1 Å². The van der Waals surface area contributed by atoms with Crippen molar-refractivity contribution in [3.63, 3.8) is 0 Å². The maximum Gasteiger partial charge on any atom is 0.200 e. The first-order valence-corrected chi connectivity index (χ1v) is 11.7. The van der Waals surface area contributed by atoms with Crippen molar-refractivity contribution in [2.75, 3.05) is 10.6 Å². The molecular weight excluding hydrogens is 530 g/mol. The van der Waals surface area contributed by atoms with Gasteiger partial charge >= 0.3 is 0 Å². The smallest absolute Gasteiger partial charge is 0.200 e. The van der Waals surface area contributed by atoms with Crippen molar-refractivity contribution in [2.24, 2.45) is 0 Å².